The standard InChI is InChI=1S/C19H26N2O/c1-12-6-7-14(11-20)9-16(12)15-8-13(2)18-17(10-15)19(3,4)22-21(18)5/h6-7,9,13,15,17-18H,8,10H2,1-5H3/t13-,15+,17+,18+/m0/s1. The van der Waals surface area contributed by atoms with Crippen LogP contribution in [-0.2, 0) is 4.84 Å². The van der Waals surface area contributed by atoms with Gasteiger partial charge in [-0.1, -0.05) is 13.0 Å². The molecule has 0 spiro atoms. The quantitative estimate of drug-likeness (QED) is 0.785. The van der Waals surface area contributed by atoms with Crippen LogP contribution in [0.5, 0.6) is 0 Å². The molecule has 3 rings (SSSR count). The third kappa shape index (κ3) is 2.45. The van der Waals surface area contributed by atoms with E-state index in [1.165, 1.54) is 17.5 Å². The van der Waals surface area contributed by atoms with Gasteiger partial charge in [0.25, 0.3) is 0 Å². The van der Waals surface area contributed by atoms with Gasteiger partial charge in [-0.15, -0.1) is 0 Å². The fourth-order valence-electron chi connectivity index (χ4n) is 4.74. The van der Waals surface area contributed by atoms with E-state index in [9.17, 15) is 5.26 Å². The highest BCUT2D eigenvalue weighted by Crippen LogP contribution is 2.50. The molecule has 4 atom stereocenters. The number of benzene rings is 1. The lowest BCUT2D eigenvalue weighted by Gasteiger charge is -2.40. The van der Waals surface area contributed by atoms with E-state index in [4.69, 9.17) is 4.84 Å². The lowest BCUT2D eigenvalue weighted by molar-refractivity contribution is -0.182. The van der Waals surface area contributed by atoms with Crippen LogP contribution in [-0.4, -0.2) is 23.8 Å². The van der Waals surface area contributed by atoms with Crippen LogP contribution in [0.1, 0.15) is 56.2 Å². The number of hydroxylamine groups is 2. The van der Waals surface area contributed by atoms with Crippen molar-refractivity contribution in [3.63, 3.8) is 0 Å². The van der Waals surface area contributed by atoms with Crippen LogP contribution in [0.15, 0.2) is 18.2 Å². The van der Waals surface area contributed by atoms with Crippen molar-refractivity contribution < 1.29 is 4.84 Å². The molecule has 0 radical (unpaired) electrons. The largest absolute Gasteiger partial charge is 0.293 e. The van der Waals surface area contributed by atoms with Crippen molar-refractivity contribution in [3.05, 3.63) is 34.9 Å². The van der Waals surface area contributed by atoms with Gasteiger partial charge in [-0.25, -0.2) is 0 Å². The van der Waals surface area contributed by atoms with E-state index in [1.54, 1.807) is 0 Å². The topological polar surface area (TPSA) is 36.3 Å². The Bertz CT molecular complexity index is 616. The minimum Gasteiger partial charge on any atom is -0.293 e. The summed E-state index contributed by atoms with van der Waals surface area (Å²) in [5.74, 6) is 1.66. The summed E-state index contributed by atoms with van der Waals surface area (Å²) in [6.07, 6.45) is 2.31. The Morgan fingerprint density at radius 1 is 1.32 bits per heavy atom. The number of nitriles is 1. The molecule has 0 N–H and O–H groups in total. The zero-order valence-electron chi connectivity index (χ0n) is 14.3. The summed E-state index contributed by atoms with van der Waals surface area (Å²) in [6, 6.07) is 8.89. The molecule has 2 aliphatic rings. The molecular formula is C19H26N2O. The number of aryl methyl sites for hydroxylation is 1. The zero-order valence-corrected chi connectivity index (χ0v) is 14.3. The monoisotopic (exact) mass is 298 g/mol. The van der Waals surface area contributed by atoms with Crippen molar-refractivity contribution in [3.8, 4) is 6.07 Å². The van der Waals surface area contributed by atoms with Gasteiger partial charge in [0.2, 0.25) is 0 Å². The number of hydrogen-bond acceptors (Lipinski definition) is 3. The summed E-state index contributed by atoms with van der Waals surface area (Å²) in [4.78, 5) is 6.11. The maximum absolute atomic E-state index is 9.19. The second-order valence-electron chi connectivity index (χ2n) is 7.67. The Hall–Kier alpha value is -1.37. The summed E-state index contributed by atoms with van der Waals surface area (Å²) in [6.45, 7) is 8.92. The Morgan fingerprint density at radius 3 is 2.73 bits per heavy atom. The van der Waals surface area contributed by atoms with E-state index >= 15 is 0 Å². The highest BCUT2D eigenvalue weighted by Gasteiger charge is 2.52. The van der Waals surface area contributed by atoms with E-state index in [0.29, 0.717) is 23.8 Å². The zero-order chi connectivity index (χ0) is 16.1. The number of nitrogens with zero attached hydrogens (tertiary/aromatic N) is 2. The normalized spacial score (nSPS) is 34.2. The molecule has 22 heavy (non-hydrogen) atoms. The minimum absolute atomic E-state index is 0.104. The van der Waals surface area contributed by atoms with E-state index < -0.39 is 0 Å². The molecule has 1 saturated carbocycles. The Balaban J connectivity index is 1.94. The van der Waals surface area contributed by atoms with Crippen molar-refractivity contribution >= 4 is 0 Å². The first kappa shape index (κ1) is 15.5. The van der Waals surface area contributed by atoms with Gasteiger partial charge in [0.05, 0.1) is 17.2 Å². The fraction of sp³-hybridized carbons (Fsp3) is 0.632. The van der Waals surface area contributed by atoms with Crippen molar-refractivity contribution in [2.45, 2.75) is 58.1 Å². The van der Waals surface area contributed by atoms with Crippen molar-refractivity contribution in [2.75, 3.05) is 7.05 Å². The van der Waals surface area contributed by atoms with Crippen molar-refractivity contribution in [2.24, 2.45) is 11.8 Å². The molecule has 3 heteroatoms. The molecule has 1 aliphatic heterocycles. The second kappa shape index (κ2) is 5.37. The number of hydrogen-bond donors (Lipinski definition) is 0. The van der Waals surface area contributed by atoms with Gasteiger partial charge in [0.1, 0.15) is 0 Å². The van der Waals surface area contributed by atoms with Gasteiger partial charge in [0, 0.05) is 19.0 Å². The molecule has 0 aromatic heterocycles. The van der Waals surface area contributed by atoms with Crippen molar-refractivity contribution in [1.29, 1.82) is 5.26 Å². The highest BCUT2D eigenvalue weighted by atomic mass is 16.7. The SMILES string of the molecule is Cc1ccc(C#N)cc1[C@H]1C[C@@H]2[C@@H]([C@@H](C)C1)N(C)OC2(C)C. The van der Waals surface area contributed by atoms with Gasteiger partial charge in [-0.3, -0.25) is 4.84 Å². The smallest absolute Gasteiger partial charge is 0.0991 e. The first-order chi connectivity index (χ1) is 10.3. The molecule has 1 aromatic rings. The molecule has 2 fully saturated rings. The third-order valence-corrected chi connectivity index (χ3v) is 5.73. The number of rotatable bonds is 1. The molecular weight excluding hydrogens is 272 g/mol. The average molecular weight is 298 g/mol. The first-order valence-electron chi connectivity index (χ1n) is 8.26. The van der Waals surface area contributed by atoms with Gasteiger partial charge in [-0.2, -0.15) is 10.3 Å². The predicted octanol–water partition coefficient (Wildman–Crippen LogP) is 4.02. The Labute approximate surface area is 133 Å². The highest BCUT2D eigenvalue weighted by molar-refractivity contribution is 5.40. The summed E-state index contributed by atoms with van der Waals surface area (Å²) in [7, 11) is 2.07. The molecule has 0 bridgehead atoms. The summed E-state index contributed by atoms with van der Waals surface area (Å²) < 4.78 is 0. The Morgan fingerprint density at radius 2 is 2.05 bits per heavy atom. The van der Waals surface area contributed by atoms with E-state index in [1.807, 2.05) is 6.07 Å². The first-order valence-corrected chi connectivity index (χ1v) is 8.26. The third-order valence-electron chi connectivity index (χ3n) is 5.73. The molecule has 1 aliphatic carbocycles. The van der Waals surface area contributed by atoms with Crippen LogP contribution in [0.4, 0.5) is 0 Å². The van der Waals surface area contributed by atoms with E-state index in [2.05, 4.69) is 58.0 Å². The Kier molecular flexibility index (Phi) is 3.79. The maximum atomic E-state index is 9.19. The molecule has 0 unspecified atom stereocenters. The lowest BCUT2D eigenvalue weighted by atomic mass is 9.65. The molecule has 1 heterocycles. The molecule has 1 aromatic carbocycles. The van der Waals surface area contributed by atoms with Crippen LogP contribution in [0.2, 0.25) is 0 Å². The molecule has 1 saturated heterocycles. The molecule has 3 nitrogen and oxygen atoms in total. The number of fused-ring (bicyclic) bond motifs is 1. The average Bonchev–Trinajstić information content (AvgIpc) is 2.69. The van der Waals surface area contributed by atoms with Crippen LogP contribution in [0, 0.1) is 30.1 Å². The van der Waals surface area contributed by atoms with Gasteiger partial charge >= 0.3 is 0 Å². The van der Waals surface area contributed by atoms with Crippen LogP contribution in [0.3, 0.4) is 0 Å². The summed E-state index contributed by atoms with van der Waals surface area (Å²) >= 11 is 0. The summed E-state index contributed by atoms with van der Waals surface area (Å²) in [5, 5.41) is 11.3. The lowest BCUT2D eigenvalue weighted by Crippen LogP contribution is -2.42. The van der Waals surface area contributed by atoms with Gasteiger partial charge in [0.15, 0.2) is 0 Å². The van der Waals surface area contributed by atoms with Crippen LogP contribution in [0.25, 0.3) is 0 Å². The molecule has 0 amide bonds. The predicted molar refractivity (Wildman–Crippen MR) is 87.2 cm³/mol. The van der Waals surface area contributed by atoms with Crippen LogP contribution < -0.4 is 0 Å². The minimum atomic E-state index is -0.104. The maximum Gasteiger partial charge on any atom is 0.0991 e. The van der Waals surface area contributed by atoms with Crippen LogP contribution >= 0.6 is 0 Å². The van der Waals surface area contributed by atoms with Crippen molar-refractivity contribution in [1.82, 2.24) is 5.06 Å². The van der Waals surface area contributed by atoms with Gasteiger partial charge < -0.3 is 0 Å². The van der Waals surface area contributed by atoms with Gasteiger partial charge in [-0.05, 0) is 68.7 Å². The van der Waals surface area contributed by atoms with E-state index in [-0.39, 0.29) is 5.60 Å². The molecule has 118 valence electrons. The second-order valence-corrected chi connectivity index (χ2v) is 7.67. The summed E-state index contributed by atoms with van der Waals surface area (Å²) in [5.41, 5.74) is 3.33. The fourth-order valence-corrected chi connectivity index (χ4v) is 4.74. The van der Waals surface area contributed by atoms with E-state index in [0.717, 1.165) is 12.0 Å².